The van der Waals surface area contributed by atoms with Crippen molar-refractivity contribution in [1.82, 2.24) is 4.90 Å². The van der Waals surface area contributed by atoms with E-state index in [1.807, 2.05) is 41.3 Å². The van der Waals surface area contributed by atoms with Crippen molar-refractivity contribution in [3.8, 4) is 0 Å². The number of hydrogen-bond acceptors (Lipinski definition) is 3. The van der Waals surface area contributed by atoms with Gasteiger partial charge in [0.05, 0.1) is 6.42 Å². The van der Waals surface area contributed by atoms with Gasteiger partial charge in [-0.25, -0.2) is 0 Å². The Morgan fingerprint density at radius 1 is 1.04 bits per heavy atom. The molecule has 0 aliphatic carbocycles. The number of nitrogens with two attached hydrogens (primary N) is 1. The van der Waals surface area contributed by atoms with Crippen LogP contribution in [-0.2, 0) is 17.8 Å². The fourth-order valence-corrected chi connectivity index (χ4v) is 2.83. The van der Waals surface area contributed by atoms with Crippen LogP contribution >= 0.6 is 24.8 Å². The number of hydrogen-bond donors (Lipinski definition) is 1. The fraction of sp³-hybridized carbons (Fsp3) is 0.278. The maximum atomic E-state index is 12.6. The van der Waals surface area contributed by atoms with Crippen LogP contribution < -0.4 is 10.6 Å². The Bertz CT molecular complexity index is 676. The van der Waals surface area contributed by atoms with Gasteiger partial charge in [0.2, 0.25) is 5.91 Å². The molecule has 0 fully saturated rings. The van der Waals surface area contributed by atoms with E-state index in [0.717, 1.165) is 24.3 Å². The molecule has 0 bridgehead atoms. The predicted octanol–water partition coefficient (Wildman–Crippen LogP) is 3.13. The van der Waals surface area contributed by atoms with Crippen molar-refractivity contribution < 1.29 is 4.79 Å². The number of carbonyl (C=O) groups is 1. The molecule has 2 aromatic rings. The summed E-state index contributed by atoms with van der Waals surface area (Å²) in [6.07, 6.45) is 0.423. The van der Waals surface area contributed by atoms with Crippen LogP contribution in [0.1, 0.15) is 11.1 Å². The number of anilines is 2. The number of nitrogens with zero attached hydrogens (tertiary/aromatic N) is 2. The smallest absolute Gasteiger partial charge is 0.227 e. The number of nitrogen functional groups attached to an aromatic ring is 1. The molecule has 0 saturated heterocycles. The zero-order valence-corrected chi connectivity index (χ0v) is 15.3. The molecular weight excluding hydrogens is 345 g/mol. The van der Waals surface area contributed by atoms with Gasteiger partial charge in [-0.1, -0.05) is 30.3 Å². The van der Waals surface area contributed by atoms with Gasteiger partial charge in [0.15, 0.2) is 0 Å². The Morgan fingerprint density at radius 2 is 1.71 bits per heavy atom. The summed E-state index contributed by atoms with van der Waals surface area (Å²) in [6, 6.07) is 15.8. The topological polar surface area (TPSA) is 49.6 Å². The van der Waals surface area contributed by atoms with E-state index >= 15 is 0 Å². The molecule has 0 atom stereocenters. The molecule has 1 amide bonds. The number of benzene rings is 2. The summed E-state index contributed by atoms with van der Waals surface area (Å²) in [5, 5.41) is 0. The van der Waals surface area contributed by atoms with Crippen molar-refractivity contribution in [2.45, 2.75) is 13.0 Å². The Kier molecular flexibility index (Phi) is 7.39. The molecule has 2 aromatic carbocycles. The van der Waals surface area contributed by atoms with Gasteiger partial charge in [-0.05, 0) is 29.3 Å². The predicted molar refractivity (Wildman–Crippen MR) is 104 cm³/mol. The van der Waals surface area contributed by atoms with Crippen molar-refractivity contribution in [2.75, 3.05) is 30.8 Å². The lowest BCUT2D eigenvalue weighted by Gasteiger charge is -2.21. The van der Waals surface area contributed by atoms with Crippen LogP contribution in [0.15, 0.2) is 48.5 Å². The first-order valence-electron chi connectivity index (χ1n) is 7.55. The molecule has 4 nitrogen and oxygen atoms in total. The quantitative estimate of drug-likeness (QED) is 0.829. The number of halogens is 2. The highest BCUT2D eigenvalue weighted by atomic mass is 35.5. The summed E-state index contributed by atoms with van der Waals surface area (Å²) in [7, 11) is 2.08. The minimum absolute atomic E-state index is 0. The second kappa shape index (κ2) is 8.81. The van der Waals surface area contributed by atoms with Crippen LogP contribution in [0.25, 0.3) is 0 Å². The van der Waals surface area contributed by atoms with E-state index < -0.39 is 0 Å². The van der Waals surface area contributed by atoms with E-state index in [2.05, 4.69) is 24.1 Å². The van der Waals surface area contributed by atoms with Gasteiger partial charge in [-0.15, -0.1) is 24.8 Å². The third-order valence-corrected chi connectivity index (χ3v) is 4.16. The molecule has 0 radical (unpaired) electrons. The highest BCUT2D eigenvalue weighted by molar-refractivity contribution is 5.85. The Balaban J connectivity index is 0.00000144. The van der Waals surface area contributed by atoms with Gasteiger partial charge in [0, 0.05) is 38.1 Å². The zero-order valence-electron chi connectivity index (χ0n) is 13.6. The third-order valence-electron chi connectivity index (χ3n) is 4.16. The summed E-state index contributed by atoms with van der Waals surface area (Å²) in [5.74, 6) is 0.162. The van der Waals surface area contributed by atoms with Crippen LogP contribution in [-0.4, -0.2) is 30.9 Å². The molecule has 0 aromatic heterocycles. The van der Waals surface area contributed by atoms with Crippen LogP contribution in [0.4, 0.5) is 11.4 Å². The molecule has 1 aliphatic rings. The summed E-state index contributed by atoms with van der Waals surface area (Å²) in [4.78, 5) is 16.8. The lowest BCUT2D eigenvalue weighted by Crippen LogP contribution is -2.35. The van der Waals surface area contributed by atoms with Crippen molar-refractivity contribution >= 4 is 42.1 Å². The second-order valence-electron chi connectivity index (χ2n) is 5.78. The lowest BCUT2D eigenvalue weighted by molar-refractivity contribution is -0.130. The first-order valence-corrected chi connectivity index (χ1v) is 7.55. The molecule has 2 N–H and O–H groups in total. The highest BCUT2D eigenvalue weighted by Gasteiger charge is 2.21. The maximum Gasteiger partial charge on any atom is 0.227 e. The molecular formula is C18H23Cl2N3O. The van der Waals surface area contributed by atoms with Crippen LogP contribution in [0.2, 0.25) is 0 Å². The first-order chi connectivity index (χ1) is 10.6. The highest BCUT2D eigenvalue weighted by Crippen LogP contribution is 2.24. The van der Waals surface area contributed by atoms with E-state index in [1.165, 1.54) is 11.3 Å². The van der Waals surface area contributed by atoms with Crippen molar-refractivity contribution in [3.63, 3.8) is 0 Å². The Labute approximate surface area is 155 Å². The molecule has 24 heavy (non-hydrogen) atoms. The monoisotopic (exact) mass is 367 g/mol. The van der Waals surface area contributed by atoms with Crippen molar-refractivity contribution in [1.29, 1.82) is 0 Å². The number of rotatable bonds is 2. The van der Waals surface area contributed by atoms with Gasteiger partial charge in [-0.3, -0.25) is 4.79 Å². The van der Waals surface area contributed by atoms with Gasteiger partial charge < -0.3 is 15.5 Å². The van der Waals surface area contributed by atoms with Gasteiger partial charge in [-0.2, -0.15) is 0 Å². The summed E-state index contributed by atoms with van der Waals surface area (Å²) in [6.45, 7) is 2.28. The zero-order chi connectivity index (χ0) is 15.5. The maximum absolute atomic E-state index is 12.6. The van der Waals surface area contributed by atoms with E-state index in [4.69, 9.17) is 5.73 Å². The van der Waals surface area contributed by atoms with Crippen molar-refractivity contribution in [3.05, 3.63) is 59.7 Å². The van der Waals surface area contributed by atoms with E-state index in [1.54, 1.807) is 0 Å². The minimum atomic E-state index is 0. The molecule has 6 heteroatoms. The number of carbonyl (C=O) groups excluding carboxylic acids is 1. The third kappa shape index (κ3) is 4.56. The number of para-hydroxylation sites is 1. The van der Waals surface area contributed by atoms with Crippen molar-refractivity contribution in [2.24, 2.45) is 0 Å². The SMILES string of the molecule is CN1CCN(C(=O)Cc2ccc(N)cc2)Cc2ccccc21.Cl.Cl. The summed E-state index contributed by atoms with van der Waals surface area (Å²) >= 11 is 0. The number of likely N-dealkylation sites (N-methyl/N-ethyl adjacent to an activating group) is 1. The number of amides is 1. The normalized spacial score (nSPS) is 13.2. The van der Waals surface area contributed by atoms with Crippen LogP contribution in [0.5, 0.6) is 0 Å². The lowest BCUT2D eigenvalue weighted by atomic mass is 10.1. The van der Waals surface area contributed by atoms with E-state index in [9.17, 15) is 4.79 Å². The second-order valence-corrected chi connectivity index (χ2v) is 5.78. The van der Waals surface area contributed by atoms with Crippen LogP contribution in [0, 0.1) is 0 Å². The largest absolute Gasteiger partial charge is 0.399 e. The molecule has 1 aliphatic heterocycles. The fourth-order valence-electron chi connectivity index (χ4n) is 2.83. The summed E-state index contributed by atoms with van der Waals surface area (Å²) in [5.41, 5.74) is 9.83. The average Bonchev–Trinajstić information content (AvgIpc) is 2.69. The van der Waals surface area contributed by atoms with E-state index in [-0.39, 0.29) is 30.7 Å². The molecule has 1 heterocycles. The van der Waals surface area contributed by atoms with E-state index in [0.29, 0.717) is 13.0 Å². The minimum Gasteiger partial charge on any atom is -0.399 e. The van der Waals surface area contributed by atoms with Gasteiger partial charge in [0.25, 0.3) is 0 Å². The molecule has 3 rings (SSSR count). The molecule has 130 valence electrons. The average molecular weight is 368 g/mol. The van der Waals surface area contributed by atoms with Crippen LogP contribution in [0.3, 0.4) is 0 Å². The first kappa shape index (κ1) is 20.1. The standard InChI is InChI=1S/C18H21N3O.2ClH/c1-20-10-11-21(13-15-4-2-3-5-17(15)20)18(22)12-14-6-8-16(19)9-7-14;;/h2-9H,10-13,19H2,1H3;2*1H. The molecule has 0 spiro atoms. The van der Waals surface area contributed by atoms with Gasteiger partial charge >= 0.3 is 0 Å². The van der Waals surface area contributed by atoms with Gasteiger partial charge in [0.1, 0.15) is 0 Å². The molecule has 0 saturated carbocycles. The summed E-state index contributed by atoms with van der Waals surface area (Å²) < 4.78 is 0. The Morgan fingerprint density at radius 3 is 2.42 bits per heavy atom. The number of fused-ring (bicyclic) bond motifs is 1. The Hall–Kier alpha value is -1.91. The molecule has 0 unspecified atom stereocenters.